The molecule has 0 amide bonds. The topological polar surface area (TPSA) is 35.5 Å². The van der Waals surface area contributed by atoms with Crippen LogP contribution >= 0.6 is 12.6 Å². The van der Waals surface area contributed by atoms with Gasteiger partial charge in [-0.15, -0.1) is 0 Å². The van der Waals surface area contributed by atoms with Crippen LogP contribution in [0, 0.1) is 0 Å². The van der Waals surface area contributed by atoms with Crippen LogP contribution in [0.25, 0.3) is 0 Å². The molecule has 0 aliphatic rings. The van der Waals surface area contributed by atoms with Crippen LogP contribution in [0.5, 0.6) is 5.75 Å². The zero-order valence-electron chi connectivity index (χ0n) is 9.53. The molecule has 0 fully saturated rings. The van der Waals surface area contributed by atoms with Gasteiger partial charge in [-0.1, -0.05) is 0 Å². The summed E-state index contributed by atoms with van der Waals surface area (Å²) in [4.78, 5) is 11.4. The average molecular weight is 240 g/mol. The fourth-order valence-electron chi connectivity index (χ4n) is 1.49. The number of hydrogen-bond donors (Lipinski definition) is 1. The van der Waals surface area contributed by atoms with Crippen molar-refractivity contribution in [1.29, 1.82) is 0 Å². The standard InChI is InChI=1S/C12H16O3S/c1-14-11-6-5-10(12(13)15-2)8-9(11)4-3-7-16/h5-6,8,16H,3-4,7H2,1-2H3. The van der Waals surface area contributed by atoms with Gasteiger partial charge in [0.05, 0.1) is 19.8 Å². The number of carbonyl (C=O) groups is 1. The van der Waals surface area contributed by atoms with Gasteiger partial charge in [0.1, 0.15) is 5.75 Å². The highest BCUT2D eigenvalue weighted by Gasteiger charge is 2.09. The van der Waals surface area contributed by atoms with E-state index < -0.39 is 0 Å². The number of thiol groups is 1. The van der Waals surface area contributed by atoms with E-state index in [4.69, 9.17) is 4.74 Å². The maximum Gasteiger partial charge on any atom is 0.337 e. The predicted octanol–water partition coefficient (Wildman–Crippen LogP) is 2.34. The van der Waals surface area contributed by atoms with Gasteiger partial charge in [-0.2, -0.15) is 12.6 Å². The van der Waals surface area contributed by atoms with Gasteiger partial charge in [0, 0.05) is 0 Å². The Morgan fingerprint density at radius 2 is 2.12 bits per heavy atom. The van der Waals surface area contributed by atoms with Crippen LogP contribution in [0.4, 0.5) is 0 Å². The number of hydrogen-bond acceptors (Lipinski definition) is 4. The highest BCUT2D eigenvalue weighted by molar-refractivity contribution is 7.80. The molecule has 0 aromatic heterocycles. The Morgan fingerprint density at radius 3 is 2.69 bits per heavy atom. The first-order chi connectivity index (χ1) is 7.72. The second-order valence-electron chi connectivity index (χ2n) is 3.35. The Morgan fingerprint density at radius 1 is 1.38 bits per heavy atom. The third-order valence-corrected chi connectivity index (χ3v) is 2.62. The van der Waals surface area contributed by atoms with E-state index in [1.807, 2.05) is 6.07 Å². The highest BCUT2D eigenvalue weighted by atomic mass is 32.1. The molecule has 0 heterocycles. The van der Waals surface area contributed by atoms with Crippen LogP contribution in [0.15, 0.2) is 18.2 Å². The number of rotatable bonds is 5. The minimum Gasteiger partial charge on any atom is -0.496 e. The van der Waals surface area contributed by atoms with E-state index in [1.165, 1.54) is 7.11 Å². The molecule has 1 aromatic rings. The van der Waals surface area contributed by atoms with Crippen molar-refractivity contribution in [3.63, 3.8) is 0 Å². The van der Waals surface area contributed by atoms with Gasteiger partial charge in [-0.3, -0.25) is 0 Å². The summed E-state index contributed by atoms with van der Waals surface area (Å²) < 4.78 is 9.91. The second-order valence-corrected chi connectivity index (χ2v) is 3.79. The van der Waals surface area contributed by atoms with Gasteiger partial charge in [-0.05, 0) is 42.4 Å². The molecule has 16 heavy (non-hydrogen) atoms. The van der Waals surface area contributed by atoms with Crippen LogP contribution in [0.2, 0.25) is 0 Å². The lowest BCUT2D eigenvalue weighted by molar-refractivity contribution is 0.0600. The summed E-state index contributed by atoms with van der Waals surface area (Å²) in [6.07, 6.45) is 1.79. The molecule has 88 valence electrons. The quantitative estimate of drug-likeness (QED) is 0.634. The summed E-state index contributed by atoms with van der Waals surface area (Å²) >= 11 is 4.17. The Labute approximate surface area is 101 Å². The van der Waals surface area contributed by atoms with Crippen molar-refractivity contribution in [3.05, 3.63) is 29.3 Å². The van der Waals surface area contributed by atoms with Crippen molar-refractivity contribution in [2.45, 2.75) is 12.8 Å². The number of carbonyl (C=O) groups excluding carboxylic acids is 1. The Hall–Kier alpha value is -1.16. The molecule has 0 atom stereocenters. The van der Waals surface area contributed by atoms with Crippen molar-refractivity contribution in [2.75, 3.05) is 20.0 Å². The smallest absolute Gasteiger partial charge is 0.337 e. The van der Waals surface area contributed by atoms with E-state index in [9.17, 15) is 4.79 Å². The van der Waals surface area contributed by atoms with Crippen molar-refractivity contribution >= 4 is 18.6 Å². The summed E-state index contributed by atoms with van der Waals surface area (Å²) in [6.45, 7) is 0. The summed E-state index contributed by atoms with van der Waals surface area (Å²) in [7, 11) is 3.00. The molecule has 0 aliphatic heterocycles. The number of aryl methyl sites for hydroxylation is 1. The fourth-order valence-corrected chi connectivity index (χ4v) is 1.65. The van der Waals surface area contributed by atoms with E-state index in [-0.39, 0.29) is 5.97 Å². The summed E-state index contributed by atoms with van der Waals surface area (Å²) in [5, 5.41) is 0. The van der Waals surface area contributed by atoms with Crippen LogP contribution in [0.3, 0.4) is 0 Å². The van der Waals surface area contributed by atoms with Crippen LogP contribution in [0.1, 0.15) is 22.3 Å². The highest BCUT2D eigenvalue weighted by Crippen LogP contribution is 2.21. The van der Waals surface area contributed by atoms with Gasteiger partial charge in [0.25, 0.3) is 0 Å². The Balaban J connectivity index is 2.96. The van der Waals surface area contributed by atoms with E-state index in [2.05, 4.69) is 17.4 Å². The number of methoxy groups -OCH3 is 2. The van der Waals surface area contributed by atoms with Gasteiger partial charge in [-0.25, -0.2) is 4.79 Å². The number of esters is 1. The average Bonchev–Trinajstić information content (AvgIpc) is 2.34. The SMILES string of the molecule is COC(=O)c1ccc(OC)c(CCCS)c1. The zero-order valence-corrected chi connectivity index (χ0v) is 10.4. The van der Waals surface area contributed by atoms with E-state index in [1.54, 1.807) is 19.2 Å². The number of benzene rings is 1. The predicted molar refractivity (Wildman–Crippen MR) is 66.5 cm³/mol. The Bertz CT molecular complexity index is 363. The van der Waals surface area contributed by atoms with Crippen LogP contribution in [-0.4, -0.2) is 25.9 Å². The normalized spacial score (nSPS) is 9.94. The lowest BCUT2D eigenvalue weighted by Crippen LogP contribution is -2.03. The van der Waals surface area contributed by atoms with Crippen molar-refractivity contribution in [1.82, 2.24) is 0 Å². The minimum absolute atomic E-state index is 0.324. The molecule has 0 bridgehead atoms. The van der Waals surface area contributed by atoms with Gasteiger partial charge >= 0.3 is 5.97 Å². The monoisotopic (exact) mass is 240 g/mol. The first-order valence-electron chi connectivity index (χ1n) is 5.09. The molecular weight excluding hydrogens is 224 g/mol. The maximum absolute atomic E-state index is 11.4. The molecule has 0 unspecified atom stereocenters. The summed E-state index contributed by atoms with van der Waals surface area (Å²) in [5.41, 5.74) is 1.57. The first kappa shape index (κ1) is 12.9. The van der Waals surface area contributed by atoms with Gasteiger partial charge in [0.15, 0.2) is 0 Å². The third-order valence-electron chi connectivity index (χ3n) is 2.31. The molecule has 3 nitrogen and oxygen atoms in total. The molecular formula is C12H16O3S. The van der Waals surface area contributed by atoms with Crippen molar-refractivity contribution in [3.8, 4) is 5.75 Å². The van der Waals surface area contributed by atoms with Crippen molar-refractivity contribution < 1.29 is 14.3 Å². The lowest BCUT2D eigenvalue weighted by atomic mass is 10.1. The van der Waals surface area contributed by atoms with Crippen LogP contribution in [-0.2, 0) is 11.2 Å². The fraction of sp³-hybridized carbons (Fsp3) is 0.417. The lowest BCUT2D eigenvalue weighted by Gasteiger charge is -2.09. The van der Waals surface area contributed by atoms with Gasteiger partial charge in [0.2, 0.25) is 0 Å². The van der Waals surface area contributed by atoms with Crippen molar-refractivity contribution in [2.24, 2.45) is 0 Å². The van der Waals surface area contributed by atoms with Gasteiger partial charge < -0.3 is 9.47 Å². The van der Waals surface area contributed by atoms with E-state index in [0.717, 1.165) is 29.9 Å². The molecule has 0 aliphatic carbocycles. The second kappa shape index (κ2) is 6.43. The molecule has 0 saturated carbocycles. The summed E-state index contributed by atoms with van der Waals surface area (Å²) in [6, 6.07) is 5.31. The van der Waals surface area contributed by atoms with E-state index in [0.29, 0.717) is 5.56 Å². The largest absolute Gasteiger partial charge is 0.496 e. The van der Waals surface area contributed by atoms with E-state index >= 15 is 0 Å². The molecule has 0 saturated heterocycles. The molecule has 1 rings (SSSR count). The molecule has 4 heteroatoms. The molecule has 0 spiro atoms. The summed E-state index contributed by atoms with van der Waals surface area (Å²) in [5.74, 6) is 1.29. The molecule has 1 aromatic carbocycles. The molecule has 0 radical (unpaired) electrons. The zero-order chi connectivity index (χ0) is 12.0. The Kier molecular flexibility index (Phi) is 5.19. The minimum atomic E-state index is -0.324. The number of ether oxygens (including phenoxy) is 2. The first-order valence-corrected chi connectivity index (χ1v) is 5.72. The van der Waals surface area contributed by atoms with Crippen LogP contribution < -0.4 is 4.74 Å². The molecule has 0 N–H and O–H groups in total. The maximum atomic E-state index is 11.4. The third kappa shape index (κ3) is 3.17.